The molecule has 1 fully saturated rings. The second-order valence-corrected chi connectivity index (χ2v) is 10.3. The molecule has 0 heterocycles. The predicted molar refractivity (Wildman–Crippen MR) is 62.2 cm³/mol. The van der Waals surface area contributed by atoms with Crippen LogP contribution in [0.4, 0.5) is 0 Å². The lowest BCUT2D eigenvalue weighted by atomic mass is 9.93. The van der Waals surface area contributed by atoms with E-state index in [1.54, 1.807) is 0 Å². The van der Waals surface area contributed by atoms with Gasteiger partial charge in [0.15, 0.2) is 0 Å². The molecule has 13 heavy (non-hydrogen) atoms. The Kier molecular flexibility index (Phi) is 3.24. The molecule has 0 spiro atoms. The Morgan fingerprint density at radius 1 is 1.08 bits per heavy atom. The minimum absolute atomic E-state index is 0.696. The summed E-state index contributed by atoms with van der Waals surface area (Å²) in [5, 5.41) is 0. The molecular weight excluding hydrogens is 172 g/mol. The van der Waals surface area contributed by atoms with Crippen molar-refractivity contribution in [3.8, 4) is 11.5 Å². The van der Waals surface area contributed by atoms with Crippen LogP contribution in [-0.4, -0.2) is 8.07 Å². The number of rotatable bonds is 0. The first-order valence-electron chi connectivity index (χ1n) is 5.43. The molecule has 0 unspecified atom stereocenters. The summed E-state index contributed by atoms with van der Waals surface area (Å²) in [5.74, 6) is 5.92. The maximum absolute atomic E-state index is 3.51. The van der Waals surface area contributed by atoms with Gasteiger partial charge < -0.3 is 0 Å². The Morgan fingerprint density at radius 3 is 2.08 bits per heavy atom. The highest BCUT2D eigenvalue weighted by Crippen LogP contribution is 2.35. The van der Waals surface area contributed by atoms with Crippen molar-refractivity contribution >= 4 is 8.07 Å². The molecule has 1 aliphatic carbocycles. The van der Waals surface area contributed by atoms with Gasteiger partial charge in [0.25, 0.3) is 0 Å². The highest BCUT2D eigenvalue weighted by molar-refractivity contribution is 6.83. The van der Waals surface area contributed by atoms with Gasteiger partial charge in [0, 0.05) is 5.92 Å². The minimum Gasteiger partial charge on any atom is -0.132 e. The SMILES string of the molecule is C[C@@H]1[C@@H](C)CC[C@@H]1C#C[Si](C)(C)C. The first kappa shape index (κ1) is 10.9. The Morgan fingerprint density at radius 2 is 1.69 bits per heavy atom. The fourth-order valence-electron chi connectivity index (χ4n) is 1.88. The molecule has 1 saturated carbocycles. The van der Waals surface area contributed by atoms with Crippen LogP contribution in [0.15, 0.2) is 0 Å². The Labute approximate surface area is 84.1 Å². The fraction of sp³-hybridized carbons (Fsp3) is 0.833. The van der Waals surface area contributed by atoms with Gasteiger partial charge in [0.2, 0.25) is 0 Å². The third-order valence-electron chi connectivity index (χ3n) is 3.10. The van der Waals surface area contributed by atoms with Crippen molar-refractivity contribution in [1.29, 1.82) is 0 Å². The highest BCUT2D eigenvalue weighted by atomic mass is 28.3. The summed E-state index contributed by atoms with van der Waals surface area (Å²) >= 11 is 0. The molecule has 0 aliphatic heterocycles. The van der Waals surface area contributed by atoms with Crippen LogP contribution in [0.2, 0.25) is 19.6 Å². The second kappa shape index (κ2) is 3.88. The summed E-state index contributed by atoms with van der Waals surface area (Å²) in [6, 6.07) is 0. The van der Waals surface area contributed by atoms with Crippen molar-refractivity contribution < 1.29 is 0 Å². The van der Waals surface area contributed by atoms with E-state index in [9.17, 15) is 0 Å². The first-order valence-corrected chi connectivity index (χ1v) is 8.93. The standard InChI is InChI=1S/C12H22Si/c1-10-6-7-12(11(10)2)8-9-13(3,4)5/h10-12H,6-7H2,1-5H3/t10-,11+,12+/m0/s1. The smallest absolute Gasteiger partial charge is 0.129 e. The van der Waals surface area contributed by atoms with Gasteiger partial charge >= 0.3 is 0 Å². The van der Waals surface area contributed by atoms with Crippen LogP contribution >= 0.6 is 0 Å². The lowest BCUT2D eigenvalue weighted by Gasteiger charge is -2.13. The second-order valence-electron chi connectivity index (χ2n) is 5.54. The van der Waals surface area contributed by atoms with Crippen LogP contribution in [0.5, 0.6) is 0 Å². The van der Waals surface area contributed by atoms with E-state index < -0.39 is 8.07 Å². The molecule has 0 aromatic rings. The normalized spacial score (nSPS) is 34.1. The summed E-state index contributed by atoms with van der Waals surface area (Å²) in [5.41, 5.74) is 3.50. The van der Waals surface area contributed by atoms with E-state index in [0.717, 1.165) is 11.8 Å². The molecule has 1 rings (SSSR count). The van der Waals surface area contributed by atoms with Crippen molar-refractivity contribution in [3.05, 3.63) is 0 Å². The first-order chi connectivity index (χ1) is 5.90. The zero-order chi connectivity index (χ0) is 10.1. The van der Waals surface area contributed by atoms with E-state index in [1.807, 2.05) is 0 Å². The van der Waals surface area contributed by atoms with E-state index in [4.69, 9.17) is 0 Å². The Hall–Kier alpha value is -0.223. The van der Waals surface area contributed by atoms with E-state index in [-0.39, 0.29) is 0 Å². The van der Waals surface area contributed by atoms with Gasteiger partial charge in [-0.2, -0.15) is 0 Å². The summed E-state index contributed by atoms with van der Waals surface area (Å²) in [6.07, 6.45) is 2.71. The fourth-order valence-corrected chi connectivity index (χ4v) is 2.50. The van der Waals surface area contributed by atoms with Gasteiger partial charge in [-0.15, -0.1) is 11.5 Å². The predicted octanol–water partition coefficient (Wildman–Crippen LogP) is 3.55. The summed E-state index contributed by atoms with van der Waals surface area (Å²) in [7, 11) is -1.14. The molecular formula is C12H22Si. The third-order valence-corrected chi connectivity index (χ3v) is 3.99. The quantitative estimate of drug-likeness (QED) is 0.409. The van der Waals surface area contributed by atoms with Crippen LogP contribution in [0.1, 0.15) is 26.7 Å². The van der Waals surface area contributed by atoms with Gasteiger partial charge in [0.1, 0.15) is 8.07 Å². The topological polar surface area (TPSA) is 0 Å². The molecule has 1 aliphatic rings. The van der Waals surface area contributed by atoms with Gasteiger partial charge in [0.05, 0.1) is 0 Å². The van der Waals surface area contributed by atoms with Gasteiger partial charge in [-0.1, -0.05) is 33.5 Å². The minimum atomic E-state index is -1.14. The molecule has 0 aromatic carbocycles. The van der Waals surface area contributed by atoms with E-state index >= 15 is 0 Å². The maximum atomic E-state index is 3.51. The molecule has 0 bridgehead atoms. The lowest BCUT2D eigenvalue weighted by molar-refractivity contribution is 0.414. The van der Waals surface area contributed by atoms with Crippen LogP contribution in [0.3, 0.4) is 0 Å². The highest BCUT2D eigenvalue weighted by Gasteiger charge is 2.28. The third kappa shape index (κ3) is 3.19. The number of hydrogen-bond acceptors (Lipinski definition) is 0. The lowest BCUT2D eigenvalue weighted by Crippen LogP contribution is -2.17. The Balaban J connectivity index is 2.59. The zero-order valence-corrected chi connectivity index (χ0v) is 10.6. The molecule has 0 aromatic heterocycles. The molecule has 0 N–H and O–H groups in total. The van der Waals surface area contributed by atoms with Gasteiger partial charge in [-0.3, -0.25) is 0 Å². The molecule has 3 atom stereocenters. The molecule has 0 radical (unpaired) electrons. The molecule has 0 amide bonds. The zero-order valence-electron chi connectivity index (χ0n) is 9.65. The van der Waals surface area contributed by atoms with Crippen LogP contribution < -0.4 is 0 Å². The molecule has 1 heteroatoms. The van der Waals surface area contributed by atoms with E-state index in [2.05, 4.69) is 45.0 Å². The average molecular weight is 194 g/mol. The van der Waals surface area contributed by atoms with Crippen molar-refractivity contribution in [3.63, 3.8) is 0 Å². The van der Waals surface area contributed by atoms with E-state index in [0.29, 0.717) is 5.92 Å². The van der Waals surface area contributed by atoms with Crippen LogP contribution in [0, 0.1) is 29.2 Å². The molecule has 0 nitrogen and oxygen atoms in total. The van der Waals surface area contributed by atoms with Crippen molar-refractivity contribution in [1.82, 2.24) is 0 Å². The van der Waals surface area contributed by atoms with Crippen molar-refractivity contribution in [2.24, 2.45) is 17.8 Å². The van der Waals surface area contributed by atoms with Crippen molar-refractivity contribution in [2.75, 3.05) is 0 Å². The van der Waals surface area contributed by atoms with Crippen LogP contribution in [-0.2, 0) is 0 Å². The molecule has 74 valence electrons. The maximum Gasteiger partial charge on any atom is 0.129 e. The monoisotopic (exact) mass is 194 g/mol. The average Bonchev–Trinajstić information content (AvgIpc) is 2.29. The Bertz CT molecular complexity index is 226. The van der Waals surface area contributed by atoms with E-state index in [1.165, 1.54) is 12.8 Å². The summed E-state index contributed by atoms with van der Waals surface area (Å²) < 4.78 is 0. The molecule has 0 saturated heterocycles. The van der Waals surface area contributed by atoms with Crippen LogP contribution in [0.25, 0.3) is 0 Å². The van der Waals surface area contributed by atoms with Gasteiger partial charge in [-0.25, -0.2) is 0 Å². The largest absolute Gasteiger partial charge is 0.132 e. The number of hydrogen-bond donors (Lipinski definition) is 0. The van der Waals surface area contributed by atoms with Crippen molar-refractivity contribution in [2.45, 2.75) is 46.3 Å². The van der Waals surface area contributed by atoms with Gasteiger partial charge in [-0.05, 0) is 24.7 Å². The summed E-state index contributed by atoms with van der Waals surface area (Å²) in [4.78, 5) is 0. The summed E-state index contributed by atoms with van der Waals surface area (Å²) in [6.45, 7) is 11.7.